The van der Waals surface area contributed by atoms with E-state index >= 15 is 0 Å². The summed E-state index contributed by atoms with van der Waals surface area (Å²) in [5.41, 5.74) is 0.496. The lowest BCUT2D eigenvalue weighted by Crippen LogP contribution is -2.43. The van der Waals surface area contributed by atoms with Crippen LogP contribution >= 0.6 is 0 Å². The Bertz CT molecular complexity index is 916. The van der Waals surface area contributed by atoms with Gasteiger partial charge in [0.05, 0.1) is 17.2 Å². The molecule has 0 spiro atoms. The number of nitrogens with one attached hydrogen (secondary N) is 1. The highest BCUT2D eigenvalue weighted by Gasteiger charge is 2.39. The van der Waals surface area contributed by atoms with E-state index in [1.165, 1.54) is 16.4 Å². The van der Waals surface area contributed by atoms with Crippen LogP contribution in [0.1, 0.15) is 19.8 Å². The van der Waals surface area contributed by atoms with Crippen LogP contribution in [0.4, 0.5) is 10.1 Å². The molecule has 0 unspecified atom stereocenters. The number of carbonyl (C=O) groups excluding carboxylic acids is 1. The third kappa shape index (κ3) is 4.12. The highest BCUT2D eigenvalue weighted by atomic mass is 32.2. The minimum absolute atomic E-state index is 0.0293. The SMILES string of the molecule is CCOc1ccccc1NC(=O)[C@H]1CCCN1S(=O)(=O)c1ccc(F)cc1. The summed E-state index contributed by atoms with van der Waals surface area (Å²) in [5.74, 6) is -0.401. The van der Waals surface area contributed by atoms with Gasteiger partial charge in [0.1, 0.15) is 17.6 Å². The zero-order chi connectivity index (χ0) is 19.4. The summed E-state index contributed by atoms with van der Waals surface area (Å²) in [4.78, 5) is 12.8. The molecule has 1 saturated heterocycles. The van der Waals surface area contributed by atoms with Gasteiger partial charge in [0.2, 0.25) is 15.9 Å². The van der Waals surface area contributed by atoms with Gasteiger partial charge in [-0.2, -0.15) is 4.31 Å². The first-order valence-corrected chi connectivity index (χ1v) is 10.2. The van der Waals surface area contributed by atoms with E-state index in [9.17, 15) is 17.6 Å². The van der Waals surface area contributed by atoms with E-state index in [1.807, 2.05) is 6.92 Å². The lowest BCUT2D eigenvalue weighted by Gasteiger charge is -2.24. The van der Waals surface area contributed by atoms with E-state index in [0.717, 1.165) is 12.1 Å². The quantitative estimate of drug-likeness (QED) is 0.820. The van der Waals surface area contributed by atoms with Gasteiger partial charge in [-0.15, -0.1) is 0 Å². The molecule has 144 valence electrons. The van der Waals surface area contributed by atoms with E-state index < -0.39 is 27.8 Å². The average Bonchev–Trinajstić information content (AvgIpc) is 3.15. The van der Waals surface area contributed by atoms with E-state index in [0.29, 0.717) is 30.9 Å². The Morgan fingerprint density at radius 3 is 2.63 bits per heavy atom. The van der Waals surface area contributed by atoms with Crippen molar-refractivity contribution in [3.8, 4) is 5.75 Å². The number of amides is 1. The third-order valence-corrected chi connectivity index (χ3v) is 6.29. The normalized spacial score (nSPS) is 17.6. The zero-order valence-electron chi connectivity index (χ0n) is 14.9. The highest BCUT2D eigenvalue weighted by molar-refractivity contribution is 7.89. The minimum atomic E-state index is -3.89. The number of ether oxygens (including phenoxy) is 1. The van der Waals surface area contributed by atoms with Crippen molar-refractivity contribution in [1.29, 1.82) is 0 Å². The van der Waals surface area contributed by atoms with Crippen molar-refractivity contribution in [3.05, 3.63) is 54.3 Å². The molecule has 1 fully saturated rings. The Labute approximate surface area is 158 Å². The number of halogens is 1. The van der Waals surface area contributed by atoms with Gasteiger partial charge < -0.3 is 10.1 Å². The Morgan fingerprint density at radius 1 is 1.22 bits per heavy atom. The van der Waals surface area contributed by atoms with Crippen molar-refractivity contribution in [3.63, 3.8) is 0 Å². The van der Waals surface area contributed by atoms with Crippen molar-refractivity contribution in [2.24, 2.45) is 0 Å². The molecule has 1 aliphatic heterocycles. The number of sulfonamides is 1. The zero-order valence-corrected chi connectivity index (χ0v) is 15.7. The standard InChI is InChI=1S/C19H21FN2O4S/c1-2-26-18-8-4-3-6-16(18)21-19(23)17-7-5-13-22(17)27(24,25)15-11-9-14(20)10-12-15/h3-4,6,8-12,17H,2,5,7,13H2,1H3,(H,21,23)/t17-/m1/s1. The largest absolute Gasteiger partial charge is 0.492 e. The van der Waals surface area contributed by atoms with Crippen molar-refractivity contribution in [2.45, 2.75) is 30.7 Å². The number of carbonyl (C=O) groups is 1. The van der Waals surface area contributed by atoms with Crippen LogP contribution in [0.25, 0.3) is 0 Å². The number of anilines is 1. The van der Waals surface area contributed by atoms with Crippen LogP contribution < -0.4 is 10.1 Å². The molecule has 27 heavy (non-hydrogen) atoms. The molecule has 2 aromatic carbocycles. The highest BCUT2D eigenvalue weighted by Crippen LogP contribution is 2.29. The third-order valence-electron chi connectivity index (χ3n) is 4.37. The maximum Gasteiger partial charge on any atom is 0.243 e. The molecule has 0 aliphatic carbocycles. The molecule has 1 heterocycles. The molecule has 3 rings (SSSR count). The number of benzene rings is 2. The molecular formula is C19H21FN2O4S. The molecule has 0 saturated carbocycles. The molecule has 0 bridgehead atoms. The lowest BCUT2D eigenvalue weighted by atomic mass is 10.2. The van der Waals surface area contributed by atoms with E-state index in [2.05, 4.69) is 5.32 Å². The van der Waals surface area contributed by atoms with E-state index in [4.69, 9.17) is 4.74 Å². The number of hydrogen-bond donors (Lipinski definition) is 1. The maximum absolute atomic E-state index is 13.1. The summed E-state index contributed by atoms with van der Waals surface area (Å²) in [6.07, 6.45) is 0.995. The maximum atomic E-state index is 13.1. The summed E-state index contributed by atoms with van der Waals surface area (Å²) in [7, 11) is -3.89. The van der Waals surface area contributed by atoms with Gasteiger partial charge in [-0.1, -0.05) is 12.1 Å². The Hall–Kier alpha value is -2.45. The van der Waals surface area contributed by atoms with Crippen molar-refractivity contribution in [2.75, 3.05) is 18.5 Å². The molecule has 0 radical (unpaired) electrons. The fourth-order valence-electron chi connectivity index (χ4n) is 3.10. The summed E-state index contributed by atoms with van der Waals surface area (Å²) in [6, 6.07) is 10.8. The van der Waals surface area contributed by atoms with Crippen molar-refractivity contribution in [1.82, 2.24) is 4.31 Å². The first kappa shape index (κ1) is 19.3. The smallest absolute Gasteiger partial charge is 0.243 e. The van der Waals surface area contributed by atoms with Gasteiger partial charge in [0, 0.05) is 6.54 Å². The molecule has 6 nitrogen and oxygen atoms in total. The summed E-state index contributed by atoms with van der Waals surface area (Å²) >= 11 is 0. The first-order valence-electron chi connectivity index (χ1n) is 8.73. The van der Waals surface area contributed by atoms with Crippen LogP contribution in [0.15, 0.2) is 53.4 Å². The average molecular weight is 392 g/mol. The van der Waals surface area contributed by atoms with Crippen LogP contribution in [0, 0.1) is 5.82 Å². The molecule has 1 N–H and O–H groups in total. The molecule has 1 aliphatic rings. The van der Waals surface area contributed by atoms with Gasteiger partial charge >= 0.3 is 0 Å². The van der Waals surface area contributed by atoms with Gasteiger partial charge in [-0.3, -0.25) is 4.79 Å². The first-order chi connectivity index (χ1) is 12.9. The second kappa shape index (κ2) is 8.06. The van der Waals surface area contributed by atoms with Gasteiger partial charge in [0.25, 0.3) is 0 Å². The molecule has 0 aromatic heterocycles. The van der Waals surface area contributed by atoms with Gasteiger partial charge in [-0.05, 0) is 56.2 Å². The Kier molecular flexibility index (Phi) is 5.76. The molecule has 1 atom stereocenters. The van der Waals surface area contributed by atoms with E-state index in [1.54, 1.807) is 24.3 Å². The van der Waals surface area contributed by atoms with Crippen LogP contribution in [0.2, 0.25) is 0 Å². The van der Waals surface area contributed by atoms with Gasteiger partial charge in [0.15, 0.2) is 0 Å². The second-order valence-corrected chi connectivity index (χ2v) is 8.04. The summed E-state index contributed by atoms with van der Waals surface area (Å²) in [6.45, 7) is 2.53. The van der Waals surface area contributed by atoms with Gasteiger partial charge in [-0.25, -0.2) is 12.8 Å². The van der Waals surface area contributed by atoms with Crippen LogP contribution in [-0.4, -0.2) is 37.8 Å². The van der Waals surface area contributed by atoms with Crippen molar-refractivity contribution < 1.29 is 22.3 Å². The Balaban J connectivity index is 1.82. The predicted molar refractivity (Wildman–Crippen MR) is 99.6 cm³/mol. The second-order valence-electron chi connectivity index (χ2n) is 6.15. The fourth-order valence-corrected chi connectivity index (χ4v) is 4.76. The number of rotatable bonds is 6. The van der Waals surface area contributed by atoms with E-state index in [-0.39, 0.29) is 11.4 Å². The summed E-state index contributed by atoms with van der Waals surface area (Å²) < 4.78 is 45.6. The predicted octanol–water partition coefficient (Wildman–Crippen LogP) is 3.02. The topological polar surface area (TPSA) is 75.7 Å². The van der Waals surface area contributed by atoms with Crippen LogP contribution in [0.5, 0.6) is 5.75 Å². The van der Waals surface area contributed by atoms with Crippen LogP contribution in [-0.2, 0) is 14.8 Å². The monoisotopic (exact) mass is 392 g/mol. The number of para-hydroxylation sites is 2. The number of hydrogen-bond acceptors (Lipinski definition) is 4. The molecular weight excluding hydrogens is 371 g/mol. The summed E-state index contributed by atoms with van der Waals surface area (Å²) in [5, 5.41) is 2.77. The fraction of sp³-hybridized carbons (Fsp3) is 0.316. The molecule has 2 aromatic rings. The lowest BCUT2D eigenvalue weighted by molar-refractivity contribution is -0.119. The molecule has 8 heteroatoms. The Morgan fingerprint density at radius 2 is 1.93 bits per heavy atom. The van der Waals surface area contributed by atoms with Crippen molar-refractivity contribution >= 4 is 21.6 Å². The number of nitrogens with zero attached hydrogens (tertiary/aromatic N) is 1. The van der Waals surface area contributed by atoms with Crippen LogP contribution in [0.3, 0.4) is 0 Å². The molecule has 1 amide bonds. The minimum Gasteiger partial charge on any atom is -0.492 e.